The molecule has 4 nitrogen and oxygen atoms in total. The van der Waals surface area contributed by atoms with Crippen molar-refractivity contribution in [3.05, 3.63) is 255 Å². The summed E-state index contributed by atoms with van der Waals surface area (Å²) in [5.74, 6) is 1.35. The molecule has 0 aliphatic carbocycles. The van der Waals surface area contributed by atoms with E-state index in [0.29, 0.717) is 11.6 Å². The van der Waals surface area contributed by atoms with Crippen molar-refractivity contribution >= 4 is 21.5 Å². The van der Waals surface area contributed by atoms with Gasteiger partial charge in [0.2, 0.25) is 0 Å². The fourth-order valence-electron chi connectivity index (χ4n) is 9.31. The van der Waals surface area contributed by atoms with Gasteiger partial charge in [0.05, 0.1) is 22.8 Å². The Bertz CT molecular complexity index is 3730. The molecule has 10 aromatic carbocycles. The molecule has 12 rings (SSSR count). The van der Waals surface area contributed by atoms with Crippen molar-refractivity contribution in [1.82, 2.24) is 19.9 Å². The fourth-order valence-corrected chi connectivity index (χ4v) is 9.31. The van der Waals surface area contributed by atoms with E-state index >= 15 is 0 Å². The zero-order valence-electron chi connectivity index (χ0n) is 37.0. The van der Waals surface area contributed by atoms with Gasteiger partial charge in [0.15, 0.2) is 11.6 Å². The highest BCUT2D eigenvalue weighted by molar-refractivity contribution is 6.03. The highest BCUT2D eigenvalue weighted by Crippen LogP contribution is 2.43. The lowest BCUT2D eigenvalue weighted by atomic mass is 9.87. The molecular formula is C64H42N4. The highest BCUT2D eigenvalue weighted by atomic mass is 14.9. The van der Waals surface area contributed by atoms with Gasteiger partial charge in [0, 0.05) is 33.4 Å². The normalized spacial score (nSPS) is 11.2. The lowest BCUT2D eigenvalue weighted by Crippen LogP contribution is -1.98. The molecule has 2 heterocycles. The van der Waals surface area contributed by atoms with E-state index in [4.69, 9.17) is 19.9 Å². The molecule has 2 aromatic heterocycles. The summed E-state index contributed by atoms with van der Waals surface area (Å²) < 4.78 is 0. The van der Waals surface area contributed by atoms with Crippen LogP contribution in [0.15, 0.2) is 255 Å². The van der Waals surface area contributed by atoms with Crippen molar-refractivity contribution in [2.75, 3.05) is 0 Å². The van der Waals surface area contributed by atoms with Crippen molar-refractivity contribution in [2.24, 2.45) is 0 Å². The Morgan fingerprint density at radius 2 is 0.632 bits per heavy atom. The van der Waals surface area contributed by atoms with Gasteiger partial charge in [-0.05, 0) is 85.3 Å². The molecule has 0 amide bonds. The maximum Gasteiger partial charge on any atom is 0.160 e. The molecular weight excluding hydrogens is 825 g/mol. The Morgan fingerprint density at radius 3 is 1.35 bits per heavy atom. The average molecular weight is 867 g/mol. The van der Waals surface area contributed by atoms with Gasteiger partial charge in [0.25, 0.3) is 0 Å². The summed E-state index contributed by atoms with van der Waals surface area (Å²) in [5.41, 5.74) is 16.0. The molecule has 4 heteroatoms. The largest absolute Gasteiger partial charge is 0.228 e. The summed E-state index contributed by atoms with van der Waals surface area (Å²) in [7, 11) is 0. The topological polar surface area (TPSA) is 51.6 Å². The molecule has 0 fully saturated rings. The van der Waals surface area contributed by atoms with Crippen molar-refractivity contribution in [2.45, 2.75) is 0 Å². The minimum absolute atomic E-state index is 0.669. The van der Waals surface area contributed by atoms with Gasteiger partial charge in [-0.3, -0.25) is 0 Å². The van der Waals surface area contributed by atoms with Crippen LogP contribution in [0, 0.1) is 0 Å². The average Bonchev–Trinajstić information content (AvgIpc) is 3.43. The van der Waals surface area contributed by atoms with E-state index < -0.39 is 0 Å². The summed E-state index contributed by atoms with van der Waals surface area (Å²) >= 11 is 0. The summed E-state index contributed by atoms with van der Waals surface area (Å²) in [6.45, 7) is 0. The first-order valence-corrected chi connectivity index (χ1v) is 22.9. The summed E-state index contributed by atoms with van der Waals surface area (Å²) in [5, 5.41) is 4.78. The maximum absolute atomic E-state index is 5.33. The second-order valence-electron chi connectivity index (χ2n) is 17.0. The molecule has 68 heavy (non-hydrogen) atoms. The predicted octanol–water partition coefficient (Wildman–Crippen LogP) is 16.6. The SMILES string of the molecule is c1ccc(-c2cc(-c3ccccc3-c3ccc(-c4cc(-c5cccc(-c6ccc7ccccc7c6)c5)nc(-c5ccccc5)n4)cc3-c3cccc4ccccc34)nc(-c3ccccc3)n2)cc1. The third-order valence-corrected chi connectivity index (χ3v) is 12.7. The van der Waals surface area contributed by atoms with Gasteiger partial charge < -0.3 is 0 Å². The number of hydrogen-bond acceptors (Lipinski definition) is 4. The Labute approximate surface area is 395 Å². The molecule has 0 aliphatic rings. The van der Waals surface area contributed by atoms with Crippen LogP contribution >= 0.6 is 0 Å². The van der Waals surface area contributed by atoms with Crippen molar-refractivity contribution < 1.29 is 0 Å². The molecule has 318 valence electrons. The van der Waals surface area contributed by atoms with Gasteiger partial charge in [0.1, 0.15) is 0 Å². The van der Waals surface area contributed by atoms with Crippen molar-refractivity contribution in [3.63, 3.8) is 0 Å². The molecule has 0 bridgehead atoms. The summed E-state index contributed by atoms with van der Waals surface area (Å²) in [6, 6.07) is 89.5. The van der Waals surface area contributed by atoms with Gasteiger partial charge in [-0.2, -0.15) is 0 Å². The molecule has 0 saturated carbocycles. The van der Waals surface area contributed by atoms with Gasteiger partial charge in [-0.1, -0.05) is 224 Å². The molecule has 0 spiro atoms. The van der Waals surface area contributed by atoms with Gasteiger partial charge >= 0.3 is 0 Å². The summed E-state index contributed by atoms with van der Waals surface area (Å²) in [6.07, 6.45) is 0. The third-order valence-electron chi connectivity index (χ3n) is 12.7. The molecule has 0 unspecified atom stereocenters. The number of benzene rings is 10. The monoisotopic (exact) mass is 866 g/mol. The minimum Gasteiger partial charge on any atom is -0.228 e. The second kappa shape index (κ2) is 17.7. The Hall–Kier alpha value is -9.12. The zero-order chi connectivity index (χ0) is 45.2. The van der Waals surface area contributed by atoms with Crippen LogP contribution in [0.1, 0.15) is 0 Å². The standard InChI is InChI=1S/C64H42N4/c1-4-20-45(21-5-1)59-42-62(68-64(65-59)47-24-8-3-9-25-47)57-32-15-14-31-55(57)56-37-36-52(40-58(56)54-33-17-27-44-19-12-13-30-53(44)54)61-41-60(66-63(67-61)46-22-6-2-7-23-46)51-29-16-28-49(39-51)50-35-34-43-18-10-11-26-48(43)38-50/h1-42H. The predicted molar refractivity (Wildman–Crippen MR) is 282 cm³/mol. The van der Waals surface area contributed by atoms with E-state index in [-0.39, 0.29) is 0 Å². The summed E-state index contributed by atoms with van der Waals surface area (Å²) in [4.78, 5) is 21.0. The van der Waals surface area contributed by atoms with E-state index in [1.165, 1.54) is 21.5 Å². The molecule has 0 aliphatic heterocycles. The Balaban J connectivity index is 1.05. The van der Waals surface area contributed by atoms with Gasteiger partial charge in [-0.25, -0.2) is 19.9 Å². The molecule has 12 aromatic rings. The Kier molecular flexibility index (Phi) is 10.5. The number of nitrogens with zero attached hydrogens (tertiary/aromatic N) is 4. The number of fused-ring (bicyclic) bond motifs is 2. The first kappa shape index (κ1) is 40.4. The van der Waals surface area contributed by atoms with Crippen molar-refractivity contribution in [1.29, 1.82) is 0 Å². The first-order chi connectivity index (χ1) is 33.7. The van der Waals surface area contributed by atoms with Crippen LogP contribution in [0.5, 0.6) is 0 Å². The van der Waals surface area contributed by atoms with E-state index in [2.05, 4.69) is 212 Å². The quantitative estimate of drug-likeness (QED) is 0.145. The highest BCUT2D eigenvalue weighted by Gasteiger charge is 2.20. The number of aromatic nitrogens is 4. The van der Waals surface area contributed by atoms with Crippen LogP contribution in [0.2, 0.25) is 0 Å². The third kappa shape index (κ3) is 7.91. The second-order valence-corrected chi connectivity index (χ2v) is 17.0. The van der Waals surface area contributed by atoms with E-state index in [9.17, 15) is 0 Å². The van der Waals surface area contributed by atoms with Crippen LogP contribution in [0.25, 0.3) is 123 Å². The maximum atomic E-state index is 5.33. The van der Waals surface area contributed by atoms with Crippen molar-refractivity contribution in [3.8, 4) is 101 Å². The number of hydrogen-bond donors (Lipinski definition) is 0. The van der Waals surface area contributed by atoms with E-state index in [1.54, 1.807) is 0 Å². The fraction of sp³-hybridized carbons (Fsp3) is 0. The van der Waals surface area contributed by atoms with Crippen LogP contribution in [0.4, 0.5) is 0 Å². The number of rotatable bonds is 9. The van der Waals surface area contributed by atoms with E-state index in [0.717, 1.165) is 89.5 Å². The Morgan fingerprint density at radius 1 is 0.191 bits per heavy atom. The van der Waals surface area contributed by atoms with Crippen LogP contribution in [-0.4, -0.2) is 19.9 Å². The van der Waals surface area contributed by atoms with Crippen LogP contribution in [0.3, 0.4) is 0 Å². The zero-order valence-corrected chi connectivity index (χ0v) is 37.0. The van der Waals surface area contributed by atoms with E-state index in [1.807, 2.05) is 42.5 Å². The molecule has 0 saturated heterocycles. The van der Waals surface area contributed by atoms with Crippen LogP contribution in [-0.2, 0) is 0 Å². The molecule has 0 atom stereocenters. The lowest BCUT2D eigenvalue weighted by Gasteiger charge is -2.18. The lowest BCUT2D eigenvalue weighted by molar-refractivity contribution is 1.18. The molecule has 0 radical (unpaired) electrons. The molecule has 0 N–H and O–H groups in total. The smallest absolute Gasteiger partial charge is 0.160 e. The van der Waals surface area contributed by atoms with Crippen LogP contribution < -0.4 is 0 Å². The minimum atomic E-state index is 0.669. The van der Waals surface area contributed by atoms with Gasteiger partial charge in [-0.15, -0.1) is 0 Å². The first-order valence-electron chi connectivity index (χ1n) is 22.9.